The van der Waals surface area contributed by atoms with Gasteiger partial charge in [0.05, 0.1) is 12.3 Å². The van der Waals surface area contributed by atoms with Crippen molar-refractivity contribution in [2.45, 2.75) is 44.2 Å². The number of amides is 1. The fourth-order valence-electron chi connectivity index (χ4n) is 4.75. The van der Waals surface area contributed by atoms with Gasteiger partial charge in [-0.1, -0.05) is 0 Å². The largest absolute Gasteiger partial charge is 0.438 e. The minimum absolute atomic E-state index is 0.0787. The average Bonchev–Trinajstić information content (AvgIpc) is 3.17. The maximum Gasteiger partial charge on any atom is 0.291 e. The van der Waals surface area contributed by atoms with Gasteiger partial charge < -0.3 is 19.2 Å². The van der Waals surface area contributed by atoms with Crippen molar-refractivity contribution in [2.24, 2.45) is 5.41 Å². The van der Waals surface area contributed by atoms with Crippen molar-refractivity contribution in [1.82, 2.24) is 14.8 Å². The second-order valence-electron chi connectivity index (χ2n) is 7.79. The number of carbonyl (C=O) groups excluding carboxylic acids is 1. The molecule has 1 spiro atoms. The van der Waals surface area contributed by atoms with Crippen LogP contribution in [0.15, 0.2) is 17.0 Å². The number of piperidine rings is 2. The van der Waals surface area contributed by atoms with E-state index in [1.807, 2.05) is 4.90 Å². The molecule has 0 aliphatic carbocycles. The third-order valence-electron chi connectivity index (χ3n) is 6.11. The minimum atomic E-state index is -0.270. The van der Waals surface area contributed by atoms with Crippen LogP contribution in [0.3, 0.4) is 0 Å². The number of aromatic nitrogens is 1. The Kier molecular flexibility index (Phi) is 4.80. The maximum absolute atomic E-state index is 12.4. The standard InChI is InChI=1S/C18H27N3O4/c22-15-9-18(12-21(11-15)14-1-7-24-8-2-14)3-5-20(6-4-18)17(23)16-10-19-13-25-16/h10,13-15,22H,1-9,11-12H2. The van der Waals surface area contributed by atoms with Gasteiger partial charge >= 0.3 is 0 Å². The average molecular weight is 349 g/mol. The highest BCUT2D eigenvalue weighted by Gasteiger charge is 2.44. The molecule has 0 radical (unpaired) electrons. The van der Waals surface area contributed by atoms with Crippen LogP contribution in [0.1, 0.15) is 42.7 Å². The van der Waals surface area contributed by atoms with Gasteiger partial charge in [0.15, 0.2) is 6.39 Å². The molecule has 4 rings (SSSR count). The van der Waals surface area contributed by atoms with E-state index in [0.717, 1.165) is 58.4 Å². The topological polar surface area (TPSA) is 79.0 Å². The van der Waals surface area contributed by atoms with Crippen molar-refractivity contribution in [3.05, 3.63) is 18.4 Å². The van der Waals surface area contributed by atoms with Crippen molar-refractivity contribution >= 4 is 5.91 Å². The first-order chi connectivity index (χ1) is 12.2. The summed E-state index contributed by atoms with van der Waals surface area (Å²) in [5.74, 6) is 0.230. The first kappa shape index (κ1) is 17.0. The molecule has 7 nitrogen and oxygen atoms in total. The van der Waals surface area contributed by atoms with Gasteiger partial charge in [-0.25, -0.2) is 4.98 Å². The Morgan fingerprint density at radius 3 is 2.72 bits per heavy atom. The second-order valence-corrected chi connectivity index (χ2v) is 7.79. The molecule has 0 bridgehead atoms. The van der Waals surface area contributed by atoms with Crippen LogP contribution >= 0.6 is 0 Å². The molecule has 7 heteroatoms. The van der Waals surface area contributed by atoms with E-state index in [-0.39, 0.29) is 17.4 Å². The zero-order valence-electron chi connectivity index (χ0n) is 14.6. The van der Waals surface area contributed by atoms with Crippen molar-refractivity contribution in [3.63, 3.8) is 0 Å². The molecule has 1 unspecified atom stereocenters. The number of oxazole rings is 1. The molecule has 3 aliphatic heterocycles. The summed E-state index contributed by atoms with van der Waals surface area (Å²) in [6, 6.07) is 0.523. The summed E-state index contributed by atoms with van der Waals surface area (Å²) in [5, 5.41) is 10.5. The zero-order valence-corrected chi connectivity index (χ0v) is 14.6. The van der Waals surface area contributed by atoms with Crippen LogP contribution in [0.25, 0.3) is 0 Å². The molecule has 3 fully saturated rings. The van der Waals surface area contributed by atoms with Gasteiger partial charge in [0.2, 0.25) is 5.76 Å². The Morgan fingerprint density at radius 1 is 1.28 bits per heavy atom. The zero-order chi connectivity index (χ0) is 17.3. The number of aliphatic hydroxyl groups excluding tert-OH is 1. The van der Waals surface area contributed by atoms with E-state index in [9.17, 15) is 9.90 Å². The summed E-state index contributed by atoms with van der Waals surface area (Å²) in [5.41, 5.74) is 0.119. The maximum atomic E-state index is 12.4. The first-order valence-corrected chi connectivity index (χ1v) is 9.33. The lowest BCUT2D eigenvalue weighted by atomic mass is 9.71. The molecule has 4 heterocycles. The van der Waals surface area contributed by atoms with Gasteiger partial charge in [-0.15, -0.1) is 0 Å². The van der Waals surface area contributed by atoms with Crippen LogP contribution in [0.2, 0.25) is 0 Å². The van der Waals surface area contributed by atoms with Gasteiger partial charge in [0.1, 0.15) is 0 Å². The number of likely N-dealkylation sites (tertiary alicyclic amines) is 2. The van der Waals surface area contributed by atoms with Gasteiger partial charge in [0.25, 0.3) is 5.91 Å². The smallest absolute Gasteiger partial charge is 0.291 e. The van der Waals surface area contributed by atoms with E-state index in [4.69, 9.17) is 9.15 Å². The van der Waals surface area contributed by atoms with Crippen LogP contribution in [0, 0.1) is 5.41 Å². The Balaban J connectivity index is 1.39. The summed E-state index contributed by atoms with van der Waals surface area (Å²) < 4.78 is 10.6. The molecule has 3 saturated heterocycles. The number of carbonyl (C=O) groups is 1. The predicted molar refractivity (Wildman–Crippen MR) is 90.1 cm³/mol. The van der Waals surface area contributed by atoms with Gasteiger partial charge in [-0.3, -0.25) is 9.69 Å². The molecular weight excluding hydrogens is 322 g/mol. The number of hydrogen-bond donors (Lipinski definition) is 1. The number of β-amino-alcohol motifs (C(OH)–C–C–N with tert-alkyl or cyclic N) is 1. The van der Waals surface area contributed by atoms with E-state index >= 15 is 0 Å². The lowest BCUT2D eigenvalue weighted by Gasteiger charge is -2.51. The molecule has 1 N–H and O–H groups in total. The Labute approximate surface area is 147 Å². The van der Waals surface area contributed by atoms with E-state index in [0.29, 0.717) is 24.9 Å². The molecular formula is C18H27N3O4. The molecule has 1 atom stereocenters. The normalized spacial score (nSPS) is 28.4. The molecule has 1 aromatic rings. The minimum Gasteiger partial charge on any atom is -0.438 e. The van der Waals surface area contributed by atoms with E-state index in [2.05, 4.69) is 9.88 Å². The predicted octanol–water partition coefficient (Wildman–Crippen LogP) is 1.14. The van der Waals surface area contributed by atoms with Crippen LogP contribution in [0.5, 0.6) is 0 Å². The summed E-state index contributed by atoms with van der Waals surface area (Å²) in [6.07, 6.45) is 7.32. The highest BCUT2D eigenvalue weighted by atomic mass is 16.5. The molecule has 3 aliphatic rings. The Hall–Kier alpha value is -1.44. The van der Waals surface area contributed by atoms with Crippen molar-refractivity contribution in [3.8, 4) is 0 Å². The first-order valence-electron chi connectivity index (χ1n) is 9.33. The van der Waals surface area contributed by atoms with Crippen molar-refractivity contribution < 1.29 is 19.1 Å². The quantitative estimate of drug-likeness (QED) is 0.863. The second kappa shape index (κ2) is 7.05. The third kappa shape index (κ3) is 3.59. The van der Waals surface area contributed by atoms with Crippen LogP contribution < -0.4 is 0 Å². The summed E-state index contributed by atoms with van der Waals surface area (Å²) >= 11 is 0. The van der Waals surface area contributed by atoms with Crippen molar-refractivity contribution in [1.29, 1.82) is 0 Å². The number of aliphatic hydroxyl groups is 1. The number of nitrogens with zero attached hydrogens (tertiary/aromatic N) is 3. The SMILES string of the molecule is O=C(c1cnco1)N1CCC2(CC1)CC(O)CN(C1CCOCC1)C2. The molecule has 1 aromatic heterocycles. The van der Waals surface area contributed by atoms with E-state index in [1.54, 1.807) is 0 Å². The van der Waals surface area contributed by atoms with E-state index < -0.39 is 0 Å². The lowest BCUT2D eigenvalue weighted by molar-refractivity contribution is -0.0696. The van der Waals surface area contributed by atoms with Crippen LogP contribution in [-0.4, -0.2) is 77.3 Å². The molecule has 25 heavy (non-hydrogen) atoms. The highest BCUT2D eigenvalue weighted by molar-refractivity contribution is 5.91. The Morgan fingerprint density at radius 2 is 2.04 bits per heavy atom. The van der Waals surface area contributed by atoms with E-state index in [1.165, 1.54) is 12.6 Å². The number of hydrogen-bond acceptors (Lipinski definition) is 6. The fourth-order valence-corrected chi connectivity index (χ4v) is 4.75. The fraction of sp³-hybridized carbons (Fsp3) is 0.778. The highest BCUT2D eigenvalue weighted by Crippen LogP contribution is 2.41. The van der Waals surface area contributed by atoms with Gasteiger partial charge in [-0.2, -0.15) is 0 Å². The number of ether oxygens (including phenoxy) is 1. The lowest BCUT2D eigenvalue weighted by Crippen LogP contribution is -2.57. The molecule has 0 aromatic carbocycles. The third-order valence-corrected chi connectivity index (χ3v) is 6.11. The molecule has 1 amide bonds. The van der Waals surface area contributed by atoms with Crippen LogP contribution in [0.4, 0.5) is 0 Å². The molecule has 0 saturated carbocycles. The van der Waals surface area contributed by atoms with Crippen molar-refractivity contribution in [2.75, 3.05) is 39.4 Å². The molecule has 138 valence electrons. The van der Waals surface area contributed by atoms with Gasteiger partial charge in [0, 0.05) is 45.4 Å². The number of rotatable bonds is 2. The summed E-state index contributed by atoms with van der Waals surface area (Å²) in [4.78, 5) is 20.6. The van der Waals surface area contributed by atoms with Gasteiger partial charge in [-0.05, 0) is 37.5 Å². The Bertz CT molecular complexity index is 577. The summed E-state index contributed by atoms with van der Waals surface area (Å²) in [6.45, 7) is 4.88. The monoisotopic (exact) mass is 349 g/mol. The van der Waals surface area contributed by atoms with Crippen LogP contribution in [-0.2, 0) is 4.74 Å². The summed E-state index contributed by atoms with van der Waals surface area (Å²) in [7, 11) is 0.